The number of fused-ring (bicyclic) bond motifs is 2. The molecule has 2 aromatic carbocycles. The van der Waals surface area contributed by atoms with Crippen LogP contribution in [0.15, 0.2) is 65.2 Å². The molecular weight excluding hydrogens is 414 g/mol. The SMILES string of the molecule is CCOc1ccc2[nH]cc(CCC3(N)N=CC(N)=C(Nc4ccc5[nH]c(C)cc5c4)N3)c2c1. The molecule has 1 unspecified atom stereocenters. The Morgan fingerprint density at radius 1 is 1.12 bits per heavy atom. The van der Waals surface area contributed by atoms with Crippen LogP contribution in [0.3, 0.4) is 0 Å². The summed E-state index contributed by atoms with van der Waals surface area (Å²) in [5.41, 5.74) is 18.7. The van der Waals surface area contributed by atoms with Crippen LogP contribution in [-0.4, -0.2) is 28.6 Å². The molecule has 0 saturated carbocycles. The van der Waals surface area contributed by atoms with Crippen molar-refractivity contribution in [1.82, 2.24) is 15.3 Å². The summed E-state index contributed by atoms with van der Waals surface area (Å²) in [6, 6.07) is 14.3. The van der Waals surface area contributed by atoms with E-state index in [1.54, 1.807) is 6.21 Å². The van der Waals surface area contributed by atoms with Crippen molar-refractivity contribution in [2.75, 3.05) is 11.9 Å². The highest BCUT2D eigenvalue weighted by Crippen LogP contribution is 2.27. The first-order chi connectivity index (χ1) is 15.9. The summed E-state index contributed by atoms with van der Waals surface area (Å²) in [6.45, 7) is 4.66. The third kappa shape index (κ3) is 4.25. The maximum atomic E-state index is 6.62. The van der Waals surface area contributed by atoms with E-state index in [1.165, 1.54) is 5.56 Å². The van der Waals surface area contributed by atoms with Crippen LogP contribution in [0.4, 0.5) is 5.69 Å². The number of nitrogens with two attached hydrogens (primary N) is 2. The van der Waals surface area contributed by atoms with Crippen LogP contribution in [0, 0.1) is 6.92 Å². The number of H-pyrrole nitrogens is 2. The number of allylic oxidation sites excluding steroid dienone is 1. The number of aromatic nitrogens is 2. The quantitative estimate of drug-likeness (QED) is 0.259. The lowest BCUT2D eigenvalue weighted by atomic mass is 10.0. The number of rotatable bonds is 7. The smallest absolute Gasteiger partial charge is 0.183 e. The molecule has 8 nitrogen and oxygen atoms in total. The summed E-state index contributed by atoms with van der Waals surface area (Å²) in [6.07, 6.45) is 4.97. The van der Waals surface area contributed by atoms with Crippen molar-refractivity contribution in [3.63, 3.8) is 0 Å². The van der Waals surface area contributed by atoms with Gasteiger partial charge in [0.25, 0.3) is 0 Å². The average molecular weight is 444 g/mol. The van der Waals surface area contributed by atoms with Gasteiger partial charge in [-0.25, -0.2) is 4.99 Å². The molecule has 0 saturated heterocycles. The van der Waals surface area contributed by atoms with E-state index in [9.17, 15) is 0 Å². The highest BCUT2D eigenvalue weighted by atomic mass is 16.5. The normalized spacial score (nSPS) is 18.2. The van der Waals surface area contributed by atoms with E-state index in [2.05, 4.69) is 43.8 Å². The van der Waals surface area contributed by atoms with Crippen LogP contribution in [-0.2, 0) is 6.42 Å². The lowest BCUT2D eigenvalue weighted by molar-refractivity contribution is 0.340. The highest BCUT2D eigenvalue weighted by molar-refractivity contribution is 5.86. The van der Waals surface area contributed by atoms with E-state index in [0.717, 1.165) is 45.4 Å². The number of aryl methyl sites for hydroxylation is 2. The predicted molar refractivity (Wildman–Crippen MR) is 134 cm³/mol. The molecule has 33 heavy (non-hydrogen) atoms. The number of ether oxygens (including phenoxy) is 1. The molecule has 0 fully saturated rings. The maximum Gasteiger partial charge on any atom is 0.183 e. The maximum absolute atomic E-state index is 6.62. The number of hydrogen-bond donors (Lipinski definition) is 6. The van der Waals surface area contributed by atoms with Crippen molar-refractivity contribution in [1.29, 1.82) is 0 Å². The largest absolute Gasteiger partial charge is 0.494 e. The van der Waals surface area contributed by atoms with Crippen molar-refractivity contribution in [3.8, 4) is 5.75 Å². The predicted octanol–water partition coefficient (Wildman–Crippen LogP) is 3.82. The van der Waals surface area contributed by atoms with Gasteiger partial charge in [0.2, 0.25) is 0 Å². The third-order valence-corrected chi connectivity index (χ3v) is 5.91. The summed E-state index contributed by atoms with van der Waals surface area (Å²) in [7, 11) is 0. The van der Waals surface area contributed by atoms with Gasteiger partial charge in [0.15, 0.2) is 5.79 Å². The molecular formula is C25H29N7O. The zero-order valence-electron chi connectivity index (χ0n) is 18.8. The van der Waals surface area contributed by atoms with Crippen LogP contribution < -0.4 is 26.8 Å². The molecule has 1 atom stereocenters. The second-order valence-electron chi connectivity index (χ2n) is 8.47. The average Bonchev–Trinajstić information content (AvgIpc) is 3.37. The zero-order valence-corrected chi connectivity index (χ0v) is 18.8. The summed E-state index contributed by atoms with van der Waals surface area (Å²) in [5.74, 6) is 0.539. The Hall–Kier alpha value is -3.91. The van der Waals surface area contributed by atoms with E-state index in [0.29, 0.717) is 24.5 Å². The first-order valence-corrected chi connectivity index (χ1v) is 11.1. The Balaban J connectivity index is 1.31. The van der Waals surface area contributed by atoms with Crippen molar-refractivity contribution in [2.45, 2.75) is 32.5 Å². The number of benzene rings is 2. The molecule has 0 amide bonds. The number of nitrogens with zero attached hydrogens (tertiary/aromatic N) is 1. The lowest BCUT2D eigenvalue weighted by Crippen LogP contribution is -2.55. The fourth-order valence-electron chi connectivity index (χ4n) is 4.25. The van der Waals surface area contributed by atoms with Crippen LogP contribution >= 0.6 is 0 Å². The molecule has 170 valence electrons. The van der Waals surface area contributed by atoms with E-state index in [1.807, 2.05) is 44.3 Å². The molecule has 3 heterocycles. The number of anilines is 1. The van der Waals surface area contributed by atoms with Crippen molar-refractivity contribution in [2.24, 2.45) is 16.5 Å². The van der Waals surface area contributed by atoms with Gasteiger partial charge >= 0.3 is 0 Å². The van der Waals surface area contributed by atoms with Gasteiger partial charge in [-0.05, 0) is 68.3 Å². The number of aliphatic imine (C=N–C) groups is 1. The molecule has 8 heteroatoms. The topological polar surface area (TPSA) is 129 Å². The Morgan fingerprint density at radius 2 is 1.97 bits per heavy atom. The molecule has 0 radical (unpaired) electrons. The Labute approximate surface area is 192 Å². The van der Waals surface area contributed by atoms with Gasteiger partial charge in [-0.2, -0.15) is 0 Å². The van der Waals surface area contributed by atoms with Crippen LogP contribution in [0.5, 0.6) is 5.75 Å². The molecule has 5 rings (SSSR count). The summed E-state index contributed by atoms with van der Waals surface area (Å²) in [5, 5.41) is 8.93. The summed E-state index contributed by atoms with van der Waals surface area (Å²) >= 11 is 0. The third-order valence-electron chi connectivity index (χ3n) is 5.91. The van der Waals surface area contributed by atoms with E-state index in [-0.39, 0.29) is 0 Å². The fourth-order valence-corrected chi connectivity index (χ4v) is 4.25. The van der Waals surface area contributed by atoms with Crippen molar-refractivity contribution in [3.05, 3.63) is 71.4 Å². The van der Waals surface area contributed by atoms with Crippen molar-refractivity contribution >= 4 is 33.7 Å². The second-order valence-corrected chi connectivity index (χ2v) is 8.47. The Morgan fingerprint density at radius 3 is 2.82 bits per heavy atom. The van der Waals surface area contributed by atoms with Crippen LogP contribution in [0.1, 0.15) is 24.6 Å². The summed E-state index contributed by atoms with van der Waals surface area (Å²) < 4.78 is 5.66. The van der Waals surface area contributed by atoms with Crippen molar-refractivity contribution < 1.29 is 4.74 Å². The molecule has 8 N–H and O–H groups in total. The van der Waals surface area contributed by atoms with E-state index >= 15 is 0 Å². The molecule has 0 aliphatic carbocycles. The van der Waals surface area contributed by atoms with Gasteiger partial charge in [0.1, 0.15) is 11.6 Å². The summed E-state index contributed by atoms with van der Waals surface area (Å²) in [4.78, 5) is 11.1. The minimum absolute atomic E-state index is 0.509. The van der Waals surface area contributed by atoms with Gasteiger partial charge in [-0.15, -0.1) is 0 Å². The molecule has 1 aliphatic heterocycles. The molecule has 4 aromatic rings. The minimum Gasteiger partial charge on any atom is -0.494 e. The lowest BCUT2D eigenvalue weighted by Gasteiger charge is -2.32. The fraction of sp³-hybridized carbons (Fsp3) is 0.240. The van der Waals surface area contributed by atoms with Crippen LogP contribution in [0.2, 0.25) is 0 Å². The van der Waals surface area contributed by atoms with Gasteiger partial charge in [0.05, 0.1) is 18.5 Å². The number of hydrogen-bond acceptors (Lipinski definition) is 6. The Kier molecular flexibility index (Phi) is 5.22. The molecule has 0 bridgehead atoms. The monoisotopic (exact) mass is 443 g/mol. The van der Waals surface area contributed by atoms with E-state index < -0.39 is 5.79 Å². The first-order valence-electron chi connectivity index (χ1n) is 11.1. The van der Waals surface area contributed by atoms with Crippen LogP contribution in [0.25, 0.3) is 21.8 Å². The minimum atomic E-state index is -0.971. The van der Waals surface area contributed by atoms with Gasteiger partial charge in [-0.3, -0.25) is 5.73 Å². The van der Waals surface area contributed by atoms with Gasteiger partial charge in [0, 0.05) is 45.8 Å². The zero-order chi connectivity index (χ0) is 23.0. The Bertz CT molecular complexity index is 1380. The van der Waals surface area contributed by atoms with E-state index in [4.69, 9.17) is 16.2 Å². The first kappa shape index (κ1) is 21.0. The number of nitrogens with one attached hydrogen (secondary N) is 4. The molecule has 1 aliphatic rings. The number of aromatic amines is 2. The molecule has 2 aromatic heterocycles. The molecule has 0 spiro atoms. The van der Waals surface area contributed by atoms with Gasteiger partial charge < -0.3 is 31.1 Å². The standard InChI is InChI=1S/C25H29N7O/c1-3-33-19-5-7-23-20(12-19)16(13-28-23)8-9-25(27)29-14-21(26)24(32-25)31-18-4-6-22-17(11-18)10-15(2)30-22/h4-7,10-14,28,30-32H,3,8-9,26-27H2,1-2H3. The van der Waals surface area contributed by atoms with Gasteiger partial charge in [-0.1, -0.05) is 0 Å². The second kappa shape index (κ2) is 8.22. The highest BCUT2D eigenvalue weighted by Gasteiger charge is 2.28.